The third-order valence-electron chi connectivity index (χ3n) is 4.80. The summed E-state index contributed by atoms with van der Waals surface area (Å²) in [5.74, 6) is -0.0539. The fourth-order valence-corrected chi connectivity index (χ4v) is 3.58. The minimum Gasteiger partial charge on any atom is -0.478 e. The van der Waals surface area contributed by atoms with Crippen LogP contribution < -0.4 is 10.0 Å². The van der Waals surface area contributed by atoms with Crippen molar-refractivity contribution in [3.8, 4) is 11.1 Å². The molecular formula is C24H26FN5O5S. The van der Waals surface area contributed by atoms with Crippen molar-refractivity contribution in [2.24, 2.45) is 0 Å². The van der Waals surface area contributed by atoms with Crippen LogP contribution in [0.3, 0.4) is 0 Å². The van der Waals surface area contributed by atoms with Gasteiger partial charge in [0.2, 0.25) is 10.0 Å². The molecule has 12 heteroatoms. The van der Waals surface area contributed by atoms with Gasteiger partial charge in [-0.25, -0.2) is 32.3 Å². The summed E-state index contributed by atoms with van der Waals surface area (Å²) in [7, 11) is -3.29. The number of hydrogen-bond donors (Lipinski definition) is 3. The number of benzene rings is 1. The number of alkyl halides is 1. The number of allylic oxidation sites excluding steroid dienone is 1. The molecule has 1 aromatic carbocycles. The quantitative estimate of drug-likeness (QED) is 0.433. The highest BCUT2D eigenvalue weighted by Crippen LogP contribution is 2.32. The van der Waals surface area contributed by atoms with E-state index in [9.17, 15) is 17.6 Å². The molecule has 10 nitrogen and oxygen atoms in total. The Labute approximate surface area is 208 Å². The maximum Gasteiger partial charge on any atom is 0.337 e. The minimum absolute atomic E-state index is 0.0400. The fourth-order valence-electron chi connectivity index (χ4n) is 3.18. The molecule has 0 saturated carbocycles. The van der Waals surface area contributed by atoms with Crippen LogP contribution in [0.1, 0.15) is 35.6 Å². The van der Waals surface area contributed by atoms with Gasteiger partial charge in [-0.15, -0.1) is 0 Å². The van der Waals surface area contributed by atoms with E-state index in [0.29, 0.717) is 17.3 Å². The first-order valence-corrected chi connectivity index (χ1v) is 12.6. The summed E-state index contributed by atoms with van der Waals surface area (Å²) in [6.45, 7) is 3.08. The van der Waals surface area contributed by atoms with Crippen LogP contribution in [0.2, 0.25) is 0 Å². The first-order chi connectivity index (χ1) is 17.0. The predicted octanol–water partition coefficient (Wildman–Crippen LogP) is 2.97. The zero-order valence-electron chi connectivity index (χ0n) is 19.9. The van der Waals surface area contributed by atoms with Gasteiger partial charge in [0.25, 0.3) is 0 Å². The lowest BCUT2D eigenvalue weighted by molar-refractivity contribution is 0.0695. The Kier molecular flexibility index (Phi) is 8.33. The van der Waals surface area contributed by atoms with Crippen molar-refractivity contribution < 1.29 is 27.4 Å². The van der Waals surface area contributed by atoms with Crippen molar-refractivity contribution in [1.82, 2.24) is 25.0 Å². The lowest BCUT2D eigenvalue weighted by Crippen LogP contribution is -2.35. The summed E-state index contributed by atoms with van der Waals surface area (Å²) in [5, 5.41) is 11.4. The maximum atomic E-state index is 13.2. The lowest BCUT2D eigenvalue weighted by atomic mass is 10.1. The SMILES string of the molecule is CC1(C)NC(CF)=C(c2ccc(-c3cnc(CNS(C)(=O)=O)nc3)cc2)O1.O=C(O)c1cccnc1. The number of hydrogen-bond acceptors (Lipinski definition) is 8. The van der Waals surface area contributed by atoms with Crippen LogP contribution in [0, 0.1) is 0 Å². The molecule has 36 heavy (non-hydrogen) atoms. The van der Waals surface area contributed by atoms with E-state index in [1.165, 1.54) is 18.5 Å². The molecule has 0 atom stereocenters. The Morgan fingerprint density at radius 2 is 1.72 bits per heavy atom. The van der Waals surface area contributed by atoms with Crippen molar-refractivity contribution in [3.63, 3.8) is 0 Å². The van der Waals surface area contributed by atoms with E-state index in [2.05, 4.69) is 25.0 Å². The monoisotopic (exact) mass is 515 g/mol. The topological polar surface area (TPSA) is 143 Å². The molecule has 1 aliphatic rings. The first-order valence-electron chi connectivity index (χ1n) is 10.7. The van der Waals surface area contributed by atoms with Gasteiger partial charge in [0.15, 0.2) is 11.5 Å². The van der Waals surface area contributed by atoms with Crippen LogP contribution in [0.4, 0.5) is 4.39 Å². The van der Waals surface area contributed by atoms with Crippen LogP contribution in [0.15, 0.2) is 66.9 Å². The molecule has 0 saturated heterocycles. The molecule has 4 rings (SSSR count). The van der Waals surface area contributed by atoms with Crippen molar-refractivity contribution >= 4 is 21.8 Å². The number of ether oxygens (including phenoxy) is 1. The maximum absolute atomic E-state index is 13.2. The van der Waals surface area contributed by atoms with Gasteiger partial charge in [-0.2, -0.15) is 0 Å². The zero-order valence-corrected chi connectivity index (χ0v) is 20.7. The molecule has 3 aromatic rings. The van der Waals surface area contributed by atoms with E-state index in [1.54, 1.807) is 18.5 Å². The van der Waals surface area contributed by atoms with Crippen LogP contribution in [-0.4, -0.2) is 53.1 Å². The summed E-state index contributed by atoms with van der Waals surface area (Å²) in [6, 6.07) is 10.5. The molecule has 3 heterocycles. The smallest absolute Gasteiger partial charge is 0.337 e. The molecule has 0 radical (unpaired) electrons. The standard InChI is InChI=1S/C18H21FN4O3S.C6H5NO2/c1-18(2)23-15(8-19)17(26-18)13-6-4-12(5-7-13)14-9-20-16(21-10-14)11-22-27(3,24)25;8-6(9)5-2-1-3-7-4-5/h4-7,9-10,22-23H,8,11H2,1-3H3;1-4H,(H,8,9). The Hall–Kier alpha value is -3.90. The second-order valence-corrected chi connectivity index (χ2v) is 10.1. The third-order valence-corrected chi connectivity index (χ3v) is 5.47. The second-order valence-electron chi connectivity index (χ2n) is 8.28. The van der Waals surface area contributed by atoms with E-state index < -0.39 is 28.4 Å². The summed E-state index contributed by atoms with van der Waals surface area (Å²) >= 11 is 0. The highest BCUT2D eigenvalue weighted by atomic mass is 32.2. The Morgan fingerprint density at radius 1 is 1.08 bits per heavy atom. The lowest BCUT2D eigenvalue weighted by Gasteiger charge is -2.20. The minimum atomic E-state index is -3.29. The molecule has 3 N–H and O–H groups in total. The number of halogens is 1. The van der Waals surface area contributed by atoms with Crippen molar-refractivity contribution in [2.45, 2.75) is 26.1 Å². The number of pyridine rings is 1. The Bertz CT molecular complexity index is 1330. The number of carboxylic acid groups (broad SMARTS) is 1. The van der Waals surface area contributed by atoms with Gasteiger partial charge >= 0.3 is 5.97 Å². The second kappa shape index (κ2) is 11.2. The van der Waals surface area contributed by atoms with E-state index >= 15 is 0 Å². The predicted molar refractivity (Wildman–Crippen MR) is 132 cm³/mol. The molecule has 0 aliphatic carbocycles. The molecule has 0 fully saturated rings. The molecule has 0 amide bonds. The van der Waals surface area contributed by atoms with Gasteiger partial charge < -0.3 is 15.2 Å². The number of rotatable bonds is 7. The summed E-state index contributed by atoms with van der Waals surface area (Å²) < 4.78 is 43.6. The van der Waals surface area contributed by atoms with Gasteiger partial charge in [-0.1, -0.05) is 24.3 Å². The number of nitrogens with zero attached hydrogens (tertiary/aromatic N) is 3. The van der Waals surface area contributed by atoms with Gasteiger partial charge in [0.1, 0.15) is 12.5 Å². The number of sulfonamides is 1. The van der Waals surface area contributed by atoms with Crippen LogP contribution in [0.25, 0.3) is 16.9 Å². The molecule has 0 spiro atoms. The Balaban J connectivity index is 0.000000338. The molecular weight excluding hydrogens is 489 g/mol. The molecule has 190 valence electrons. The van der Waals surface area contributed by atoms with E-state index in [1.807, 2.05) is 38.1 Å². The van der Waals surface area contributed by atoms with Crippen molar-refractivity contribution in [1.29, 1.82) is 0 Å². The summed E-state index contributed by atoms with van der Waals surface area (Å²) in [5.41, 5.74) is 2.46. The van der Waals surface area contributed by atoms with Crippen molar-refractivity contribution in [2.75, 3.05) is 12.9 Å². The highest BCUT2D eigenvalue weighted by Gasteiger charge is 2.31. The van der Waals surface area contributed by atoms with Crippen LogP contribution in [-0.2, 0) is 21.3 Å². The molecule has 0 bridgehead atoms. The third kappa shape index (κ3) is 7.55. The van der Waals surface area contributed by atoms with E-state index in [4.69, 9.17) is 9.84 Å². The summed E-state index contributed by atoms with van der Waals surface area (Å²) in [4.78, 5) is 22.1. The van der Waals surface area contributed by atoms with Crippen molar-refractivity contribution in [3.05, 3.63) is 83.8 Å². The van der Waals surface area contributed by atoms with Gasteiger partial charge in [0.05, 0.1) is 24.1 Å². The number of aromatic carboxylic acids is 1. The highest BCUT2D eigenvalue weighted by molar-refractivity contribution is 7.88. The number of nitrogens with one attached hydrogen (secondary N) is 2. The summed E-state index contributed by atoms with van der Waals surface area (Å²) in [6.07, 6.45) is 7.18. The molecule has 0 unspecified atom stereocenters. The molecule has 2 aromatic heterocycles. The first kappa shape index (κ1) is 26.7. The largest absolute Gasteiger partial charge is 0.478 e. The van der Waals surface area contributed by atoms with E-state index in [0.717, 1.165) is 22.9 Å². The normalized spacial score (nSPS) is 14.3. The number of carboxylic acids is 1. The average Bonchev–Trinajstić information content (AvgIpc) is 3.18. The van der Waals surface area contributed by atoms with Gasteiger partial charge in [0, 0.05) is 35.9 Å². The van der Waals surface area contributed by atoms with Crippen LogP contribution in [0.5, 0.6) is 0 Å². The van der Waals surface area contributed by atoms with Gasteiger partial charge in [-0.3, -0.25) is 4.98 Å². The van der Waals surface area contributed by atoms with Crippen LogP contribution >= 0.6 is 0 Å². The average molecular weight is 516 g/mol. The van der Waals surface area contributed by atoms with E-state index in [-0.39, 0.29) is 12.1 Å². The van der Waals surface area contributed by atoms with Gasteiger partial charge in [-0.05, 0) is 31.5 Å². The fraction of sp³-hybridized carbons (Fsp3) is 0.250. The Morgan fingerprint density at radius 3 is 2.22 bits per heavy atom. The molecule has 1 aliphatic heterocycles. The zero-order chi connectivity index (χ0) is 26.3. The number of carbonyl (C=O) groups is 1. The number of aromatic nitrogens is 3.